The van der Waals surface area contributed by atoms with E-state index in [9.17, 15) is 0 Å². The molecule has 2 nitrogen and oxygen atoms in total. The molecule has 0 aromatic heterocycles. The Balaban J connectivity index is 1.83. The first-order valence-corrected chi connectivity index (χ1v) is 6.79. The van der Waals surface area contributed by atoms with Gasteiger partial charge in [0.1, 0.15) is 0 Å². The highest BCUT2D eigenvalue weighted by Crippen LogP contribution is 2.25. The molecule has 3 N–H and O–H groups in total. The molecule has 17 heavy (non-hydrogen) atoms. The average molecular weight is 232 g/mol. The molecule has 1 saturated carbocycles. The third-order valence-corrected chi connectivity index (χ3v) is 3.85. The number of nitrogens with two attached hydrogens (primary N) is 1. The van der Waals surface area contributed by atoms with Crippen LogP contribution in [-0.2, 0) is 6.42 Å². The molecule has 1 aliphatic carbocycles. The normalized spacial score (nSPS) is 26.0. The fourth-order valence-electron chi connectivity index (χ4n) is 2.93. The van der Waals surface area contributed by atoms with Crippen molar-refractivity contribution in [1.29, 1.82) is 0 Å². The lowest BCUT2D eigenvalue weighted by Crippen LogP contribution is -2.42. The van der Waals surface area contributed by atoms with Crippen LogP contribution in [0, 0.1) is 5.92 Å². The van der Waals surface area contributed by atoms with E-state index in [0.29, 0.717) is 18.0 Å². The van der Waals surface area contributed by atoms with E-state index in [0.717, 1.165) is 13.0 Å². The van der Waals surface area contributed by atoms with Gasteiger partial charge < -0.3 is 11.1 Å². The SMILES string of the molecule is CC(Cc1ccccc1)NC1CCCC1CN. The second kappa shape index (κ2) is 6.18. The highest BCUT2D eigenvalue weighted by molar-refractivity contribution is 5.15. The Kier molecular flexibility index (Phi) is 4.57. The molecule has 3 atom stereocenters. The Bertz CT molecular complexity index is 323. The van der Waals surface area contributed by atoms with Crippen molar-refractivity contribution in [2.24, 2.45) is 11.7 Å². The van der Waals surface area contributed by atoms with Crippen LogP contribution in [-0.4, -0.2) is 18.6 Å². The third kappa shape index (κ3) is 3.55. The molecular formula is C15H24N2. The van der Waals surface area contributed by atoms with E-state index >= 15 is 0 Å². The molecule has 0 saturated heterocycles. The molecule has 0 spiro atoms. The minimum Gasteiger partial charge on any atom is -0.330 e. The molecule has 1 fully saturated rings. The van der Waals surface area contributed by atoms with Crippen molar-refractivity contribution >= 4 is 0 Å². The molecule has 1 aromatic rings. The molecular weight excluding hydrogens is 208 g/mol. The zero-order valence-corrected chi connectivity index (χ0v) is 10.7. The summed E-state index contributed by atoms with van der Waals surface area (Å²) in [5, 5.41) is 3.75. The van der Waals surface area contributed by atoms with Gasteiger partial charge in [-0.05, 0) is 44.2 Å². The van der Waals surface area contributed by atoms with Crippen molar-refractivity contribution < 1.29 is 0 Å². The van der Waals surface area contributed by atoms with Crippen LogP contribution >= 0.6 is 0 Å². The van der Waals surface area contributed by atoms with Crippen molar-refractivity contribution in [2.75, 3.05) is 6.54 Å². The number of benzene rings is 1. The van der Waals surface area contributed by atoms with E-state index < -0.39 is 0 Å². The number of hydrogen-bond donors (Lipinski definition) is 2. The van der Waals surface area contributed by atoms with Crippen LogP contribution in [0.1, 0.15) is 31.7 Å². The summed E-state index contributed by atoms with van der Waals surface area (Å²) >= 11 is 0. The molecule has 1 aliphatic rings. The summed E-state index contributed by atoms with van der Waals surface area (Å²) in [6.45, 7) is 3.11. The molecule has 3 unspecified atom stereocenters. The van der Waals surface area contributed by atoms with Crippen molar-refractivity contribution in [3.63, 3.8) is 0 Å². The predicted octanol–water partition coefficient (Wildman–Crippen LogP) is 2.33. The van der Waals surface area contributed by atoms with E-state index in [4.69, 9.17) is 5.73 Å². The minimum atomic E-state index is 0.537. The fraction of sp³-hybridized carbons (Fsp3) is 0.600. The van der Waals surface area contributed by atoms with Crippen LogP contribution in [0.5, 0.6) is 0 Å². The Labute approximate surface area is 105 Å². The van der Waals surface area contributed by atoms with Crippen molar-refractivity contribution in [3.05, 3.63) is 35.9 Å². The lowest BCUT2D eigenvalue weighted by Gasteiger charge is -2.24. The maximum Gasteiger partial charge on any atom is 0.0110 e. The van der Waals surface area contributed by atoms with Crippen molar-refractivity contribution in [1.82, 2.24) is 5.32 Å². The van der Waals surface area contributed by atoms with Crippen LogP contribution in [0.15, 0.2) is 30.3 Å². The van der Waals surface area contributed by atoms with Gasteiger partial charge in [-0.2, -0.15) is 0 Å². The van der Waals surface area contributed by atoms with Crippen molar-refractivity contribution in [3.8, 4) is 0 Å². The molecule has 0 amide bonds. The predicted molar refractivity (Wildman–Crippen MR) is 72.9 cm³/mol. The maximum atomic E-state index is 5.81. The van der Waals surface area contributed by atoms with Crippen LogP contribution in [0.25, 0.3) is 0 Å². The summed E-state index contributed by atoms with van der Waals surface area (Å²) in [6, 6.07) is 11.9. The van der Waals surface area contributed by atoms with E-state index in [2.05, 4.69) is 42.6 Å². The van der Waals surface area contributed by atoms with Gasteiger partial charge in [0.15, 0.2) is 0 Å². The van der Waals surface area contributed by atoms with E-state index in [1.807, 2.05) is 0 Å². The van der Waals surface area contributed by atoms with Gasteiger partial charge in [-0.25, -0.2) is 0 Å². The molecule has 0 radical (unpaired) electrons. The first kappa shape index (κ1) is 12.6. The van der Waals surface area contributed by atoms with Crippen LogP contribution in [0.2, 0.25) is 0 Å². The lowest BCUT2D eigenvalue weighted by molar-refractivity contribution is 0.368. The van der Waals surface area contributed by atoms with Gasteiger partial charge in [0.2, 0.25) is 0 Å². The van der Waals surface area contributed by atoms with Crippen molar-refractivity contribution in [2.45, 2.75) is 44.7 Å². The first-order chi connectivity index (χ1) is 8.29. The average Bonchev–Trinajstić information content (AvgIpc) is 2.77. The van der Waals surface area contributed by atoms with Crippen LogP contribution < -0.4 is 11.1 Å². The summed E-state index contributed by atoms with van der Waals surface area (Å²) in [4.78, 5) is 0. The standard InChI is InChI=1S/C15H24N2/c1-12(10-13-6-3-2-4-7-13)17-15-9-5-8-14(15)11-16/h2-4,6-7,12,14-15,17H,5,8-11,16H2,1H3. The first-order valence-electron chi connectivity index (χ1n) is 6.79. The highest BCUT2D eigenvalue weighted by atomic mass is 15.0. The second-order valence-corrected chi connectivity index (χ2v) is 5.29. The van der Waals surface area contributed by atoms with Gasteiger partial charge in [-0.15, -0.1) is 0 Å². The fourth-order valence-corrected chi connectivity index (χ4v) is 2.93. The molecule has 94 valence electrons. The molecule has 2 heteroatoms. The molecule has 2 rings (SSSR count). The van der Waals surface area contributed by atoms with E-state index in [1.54, 1.807) is 0 Å². The molecule has 0 heterocycles. The number of hydrogen-bond acceptors (Lipinski definition) is 2. The zero-order chi connectivity index (χ0) is 12.1. The quantitative estimate of drug-likeness (QED) is 0.817. The molecule has 0 bridgehead atoms. The smallest absolute Gasteiger partial charge is 0.0110 e. The highest BCUT2D eigenvalue weighted by Gasteiger charge is 2.26. The third-order valence-electron chi connectivity index (χ3n) is 3.85. The lowest BCUT2D eigenvalue weighted by atomic mass is 10.0. The van der Waals surface area contributed by atoms with Crippen LogP contribution in [0.3, 0.4) is 0 Å². The Morgan fingerprint density at radius 3 is 2.76 bits per heavy atom. The summed E-state index contributed by atoms with van der Waals surface area (Å²) in [7, 11) is 0. The van der Waals surface area contributed by atoms with E-state index in [1.165, 1.54) is 24.8 Å². The van der Waals surface area contributed by atoms with Gasteiger partial charge >= 0.3 is 0 Å². The monoisotopic (exact) mass is 232 g/mol. The summed E-state index contributed by atoms with van der Waals surface area (Å²) in [5.74, 6) is 0.688. The zero-order valence-electron chi connectivity index (χ0n) is 10.7. The minimum absolute atomic E-state index is 0.537. The number of nitrogens with one attached hydrogen (secondary N) is 1. The summed E-state index contributed by atoms with van der Waals surface area (Å²) in [5.41, 5.74) is 7.22. The van der Waals surface area contributed by atoms with Gasteiger partial charge in [0.25, 0.3) is 0 Å². The molecule has 0 aliphatic heterocycles. The Morgan fingerprint density at radius 2 is 2.06 bits per heavy atom. The van der Waals surface area contributed by atoms with Gasteiger partial charge in [0.05, 0.1) is 0 Å². The second-order valence-electron chi connectivity index (χ2n) is 5.29. The summed E-state index contributed by atoms with van der Waals surface area (Å²) in [6.07, 6.45) is 5.03. The van der Waals surface area contributed by atoms with E-state index in [-0.39, 0.29) is 0 Å². The summed E-state index contributed by atoms with van der Waals surface area (Å²) < 4.78 is 0. The van der Waals surface area contributed by atoms with Crippen LogP contribution in [0.4, 0.5) is 0 Å². The van der Waals surface area contributed by atoms with Gasteiger partial charge in [-0.1, -0.05) is 36.8 Å². The topological polar surface area (TPSA) is 38.0 Å². The molecule has 1 aromatic carbocycles. The Morgan fingerprint density at radius 1 is 1.29 bits per heavy atom. The largest absolute Gasteiger partial charge is 0.330 e. The van der Waals surface area contributed by atoms with Gasteiger partial charge in [0, 0.05) is 12.1 Å². The Hall–Kier alpha value is -0.860. The van der Waals surface area contributed by atoms with Gasteiger partial charge in [-0.3, -0.25) is 0 Å². The number of rotatable bonds is 5. The maximum absolute atomic E-state index is 5.81.